The molecule has 4 nitrogen and oxygen atoms in total. The molecule has 0 radical (unpaired) electrons. The maximum Gasteiger partial charge on any atom is 0.136 e. The van der Waals surface area contributed by atoms with E-state index in [2.05, 4.69) is 48.2 Å². The molecule has 3 fully saturated rings. The van der Waals surface area contributed by atoms with E-state index < -0.39 is 0 Å². The average Bonchev–Trinajstić information content (AvgIpc) is 3.63. The maximum absolute atomic E-state index is 12.0. The molecule has 4 heteroatoms. The van der Waals surface area contributed by atoms with Crippen LogP contribution in [0.25, 0.3) is 0 Å². The second-order valence-corrected chi connectivity index (χ2v) is 9.31. The van der Waals surface area contributed by atoms with Crippen LogP contribution in [0.3, 0.4) is 0 Å². The second-order valence-electron chi connectivity index (χ2n) is 9.31. The molecule has 2 saturated carbocycles. The second kappa shape index (κ2) is 8.33. The standard InChI is InChI=1S/C26H31NO3/c1-18(14-26(28)21-4-5-21)20-6-10-24(11-7-20)30-25-15-27(16-25)22-8-12-23(13-9-22)29-17-19-2-3-19/h6-13,18-19,21,25H,2-5,14-17H2,1H3/t18-/m1/s1. The zero-order chi connectivity index (χ0) is 20.5. The van der Waals surface area contributed by atoms with Crippen LogP contribution in [0.4, 0.5) is 5.69 Å². The molecule has 0 spiro atoms. The molecule has 3 aliphatic rings. The summed E-state index contributed by atoms with van der Waals surface area (Å²) in [4.78, 5) is 14.4. The van der Waals surface area contributed by atoms with Gasteiger partial charge in [0.1, 0.15) is 23.4 Å². The minimum Gasteiger partial charge on any atom is -0.493 e. The van der Waals surface area contributed by atoms with Crippen LogP contribution in [-0.4, -0.2) is 31.6 Å². The summed E-state index contributed by atoms with van der Waals surface area (Å²) in [6.45, 7) is 4.79. The highest BCUT2D eigenvalue weighted by Crippen LogP contribution is 2.34. The molecule has 158 valence electrons. The van der Waals surface area contributed by atoms with E-state index in [4.69, 9.17) is 9.47 Å². The lowest BCUT2D eigenvalue weighted by Gasteiger charge is -2.40. The van der Waals surface area contributed by atoms with Crippen molar-refractivity contribution in [3.8, 4) is 11.5 Å². The Balaban J connectivity index is 1.07. The van der Waals surface area contributed by atoms with Crippen molar-refractivity contribution < 1.29 is 14.3 Å². The summed E-state index contributed by atoms with van der Waals surface area (Å²) in [5.74, 6) is 3.71. The maximum atomic E-state index is 12.0. The molecule has 1 atom stereocenters. The van der Waals surface area contributed by atoms with E-state index in [1.54, 1.807) is 0 Å². The SMILES string of the molecule is C[C@H](CC(=O)C1CC1)c1ccc(OC2CN(c3ccc(OCC4CC4)cc3)C2)cc1. The van der Waals surface area contributed by atoms with Gasteiger partial charge in [0.25, 0.3) is 0 Å². The fourth-order valence-corrected chi connectivity index (χ4v) is 4.03. The van der Waals surface area contributed by atoms with E-state index >= 15 is 0 Å². The van der Waals surface area contributed by atoms with Gasteiger partial charge in [0.05, 0.1) is 19.7 Å². The van der Waals surface area contributed by atoms with Crippen LogP contribution in [-0.2, 0) is 4.79 Å². The van der Waals surface area contributed by atoms with Crippen LogP contribution in [0.1, 0.15) is 50.5 Å². The molecule has 0 bridgehead atoms. The first-order valence-corrected chi connectivity index (χ1v) is 11.4. The van der Waals surface area contributed by atoms with Crippen LogP contribution in [0, 0.1) is 11.8 Å². The summed E-state index contributed by atoms with van der Waals surface area (Å²) in [5, 5.41) is 0. The molecule has 0 unspecified atom stereocenters. The molecule has 5 rings (SSSR count). The van der Waals surface area contributed by atoms with Gasteiger partial charge in [-0.1, -0.05) is 19.1 Å². The van der Waals surface area contributed by atoms with Crippen molar-refractivity contribution in [2.75, 3.05) is 24.6 Å². The van der Waals surface area contributed by atoms with Crippen molar-refractivity contribution in [3.05, 3.63) is 54.1 Å². The summed E-state index contributed by atoms with van der Waals surface area (Å²) in [5.41, 5.74) is 2.44. The Bertz CT molecular complexity index is 862. The topological polar surface area (TPSA) is 38.8 Å². The Morgan fingerprint density at radius 1 is 0.967 bits per heavy atom. The van der Waals surface area contributed by atoms with Gasteiger partial charge < -0.3 is 14.4 Å². The molecular formula is C26H31NO3. The molecule has 0 N–H and O–H groups in total. The van der Waals surface area contributed by atoms with Crippen molar-refractivity contribution in [2.45, 2.75) is 51.0 Å². The van der Waals surface area contributed by atoms with E-state index in [9.17, 15) is 4.79 Å². The van der Waals surface area contributed by atoms with E-state index in [-0.39, 0.29) is 12.0 Å². The molecule has 1 saturated heterocycles. The zero-order valence-electron chi connectivity index (χ0n) is 17.8. The van der Waals surface area contributed by atoms with Crippen molar-refractivity contribution in [1.29, 1.82) is 0 Å². The monoisotopic (exact) mass is 405 g/mol. The number of ketones is 1. The zero-order valence-corrected chi connectivity index (χ0v) is 17.8. The molecule has 2 aromatic rings. The summed E-state index contributed by atoms with van der Waals surface area (Å²) in [6.07, 6.45) is 5.69. The van der Waals surface area contributed by atoms with Crippen molar-refractivity contribution in [2.24, 2.45) is 11.8 Å². The molecule has 0 aromatic heterocycles. The van der Waals surface area contributed by atoms with Gasteiger partial charge in [0, 0.05) is 18.0 Å². The third-order valence-electron chi connectivity index (χ3n) is 6.52. The number of anilines is 1. The summed E-state index contributed by atoms with van der Waals surface area (Å²) in [6, 6.07) is 16.7. The highest BCUT2D eigenvalue weighted by Gasteiger charge is 2.31. The lowest BCUT2D eigenvalue weighted by Crippen LogP contribution is -2.54. The van der Waals surface area contributed by atoms with Gasteiger partial charge in [-0.2, -0.15) is 0 Å². The first-order valence-electron chi connectivity index (χ1n) is 11.4. The normalized spacial score (nSPS) is 19.8. The highest BCUT2D eigenvalue weighted by molar-refractivity contribution is 5.83. The highest BCUT2D eigenvalue weighted by atomic mass is 16.5. The molecule has 30 heavy (non-hydrogen) atoms. The Kier molecular flexibility index (Phi) is 5.41. The summed E-state index contributed by atoms with van der Waals surface area (Å²) in [7, 11) is 0. The first-order chi connectivity index (χ1) is 14.6. The predicted octanol–water partition coefficient (Wildman–Crippen LogP) is 5.22. The van der Waals surface area contributed by atoms with Gasteiger partial charge in [-0.15, -0.1) is 0 Å². The van der Waals surface area contributed by atoms with Crippen LogP contribution in [0.15, 0.2) is 48.5 Å². The molecular weight excluding hydrogens is 374 g/mol. The van der Waals surface area contributed by atoms with Crippen LogP contribution >= 0.6 is 0 Å². The van der Waals surface area contributed by atoms with Gasteiger partial charge in [-0.25, -0.2) is 0 Å². The number of carbonyl (C=O) groups is 1. The number of carbonyl (C=O) groups excluding carboxylic acids is 1. The van der Waals surface area contributed by atoms with Crippen molar-refractivity contribution in [3.63, 3.8) is 0 Å². The van der Waals surface area contributed by atoms with Gasteiger partial charge in [-0.3, -0.25) is 4.79 Å². The molecule has 1 heterocycles. The quantitative estimate of drug-likeness (QED) is 0.543. The fraction of sp³-hybridized carbons (Fsp3) is 0.500. The smallest absolute Gasteiger partial charge is 0.136 e. The first kappa shape index (κ1) is 19.5. The molecule has 0 amide bonds. The van der Waals surface area contributed by atoms with Gasteiger partial charge in [0.2, 0.25) is 0 Å². The average molecular weight is 406 g/mol. The number of ether oxygens (including phenoxy) is 2. The van der Waals surface area contributed by atoms with Gasteiger partial charge in [-0.05, 0) is 79.5 Å². The van der Waals surface area contributed by atoms with E-state index in [1.807, 2.05) is 12.1 Å². The minimum absolute atomic E-state index is 0.218. The van der Waals surface area contributed by atoms with Crippen molar-refractivity contribution >= 4 is 11.5 Å². The lowest BCUT2D eigenvalue weighted by atomic mass is 9.94. The Hall–Kier alpha value is -2.49. The number of benzene rings is 2. The van der Waals surface area contributed by atoms with Crippen LogP contribution in [0.5, 0.6) is 11.5 Å². The number of Topliss-reactive ketones (excluding diaryl/α,β-unsaturated/α-hetero) is 1. The van der Waals surface area contributed by atoms with Gasteiger partial charge >= 0.3 is 0 Å². The minimum atomic E-state index is 0.218. The fourth-order valence-electron chi connectivity index (χ4n) is 4.03. The Morgan fingerprint density at radius 3 is 2.27 bits per heavy atom. The van der Waals surface area contributed by atoms with Crippen molar-refractivity contribution in [1.82, 2.24) is 0 Å². The third-order valence-corrected chi connectivity index (χ3v) is 6.52. The van der Waals surface area contributed by atoms with Gasteiger partial charge in [0.15, 0.2) is 0 Å². The third kappa shape index (κ3) is 4.80. The summed E-state index contributed by atoms with van der Waals surface area (Å²) >= 11 is 0. The predicted molar refractivity (Wildman–Crippen MR) is 118 cm³/mol. The number of hydrogen-bond donors (Lipinski definition) is 0. The number of hydrogen-bond acceptors (Lipinski definition) is 4. The van der Waals surface area contributed by atoms with E-state index in [1.165, 1.54) is 24.1 Å². The molecule has 2 aliphatic carbocycles. The van der Waals surface area contributed by atoms with Crippen LogP contribution < -0.4 is 14.4 Å². The largest absolute Gasteiger partial charge is 0.493 e. The Morgan fingerprint density at radius 2 is 1.63 bits per heavy atom. The van der Waals surface area contributed by atoms with Crippen LogP contribution in [0.2, 0.25) is 0 Å². The summed E-state index contributed by atoms with van der Waals surface area (Å²) < 4.78 is 11.9. The molecule has 1 aliphatic heterocycles. The lowest BCUT2D eigenvalue weighted by molar-refractivity contribution is -0.120. The number of rotatable bonds is 10. The van der Waals surface area contributed by atoms with E-state index in [0.29, 0.717) is 18.1 Å². The number of nitrogens with zero attached hydrogens (tertiary/aromatic N) is 1. The van der Waals surface area contributed by atoms with E-state index in [0.717, 1.165) is 50.0 Å². The molecule has 2 aromatic carbocycles. The Labute approximate surface area is 179 Å².